The molecule has 1 heterocycles. The maximum absolute atomic E-state index is 9.75. The van der Waals surface area contributed by atoms with Gasteiger partial charge in [0.15, 0.2) is 6.29 Å². The Hall–Kier alpha value is -0.240. The number of rotatable bonds is 10. The molecule has 0 bridgehead atoms. The summed E-state index contributed by atoms with van der Waals surface area (Å²) in [6, 6.07) is 0. The first-order valence-electron chi connectivity index (χ1n) is 7.54. The van der Waals surface area contributed by atoms with Crippen molar-refractivity contribution < 1.29 is 29.9 Å². The highest BCUT2D eigenvalue weighted by Crippen LogP contribution is 2.24. The second kappa shape index (κ2) is 9.65. The van der Waals surface area contributed by atoms with E-state index in [0.717, 1.165) is 12.8 Å². The molecule has 4 N–H and O–H groups in total. The Kier molecular flexibility index (Phi) is 8.60. The molecule has 1 rings (SSSR count). The molecule has 20 heavy (non-hydrogen) atoms. The second-order valence-electron chi connectivity index (χ2n) is 5.34. The van der Waals surface area contributed by atoms with Crippen molar-refractivity contribution in [2.75, 3.05) is 13.2 Å². The number of aliphatic hydroxyl groups is 4. The molecule has 0 aliphatic carbocycles. The first-order valence-corrected chi connectivity index (χ1v) is 7.54. The number of ether oxygens (including phenoxy) is 2. The van der Waals surface area contributed by atoms with Crippen LogP contribution in [-0.4, -0.2) is 64.3 Å². The maximum Gasteiger partial charge on any atom is 0.186 e. The first kappa shape index (κ1) is 17.8. The second-order valence-corrected chi connectivity index (χ2v) is 5.34. The van der Waals surface area contributed by atoms with Gasteiger partial charge in [0, 0.05) is 6.61 Å². The minimum absolute atomic E-state index is 0.447. The molecule has 5 atom stereocenters. The molecular weight excluding hydrogens is 264 g/mol. The normalized spacial score (nSPS) is 31.6. The van der Waals surface area contributed by atoms with Gasteiger partial charge >= 0.3 is 0 Å². The zero-order chi connectivity index (χ0) is 15.0. The summed E-state index contributed by atoms with van der Waals surface area (Å²) in [6.45, 7) is 2.09. The molecular formula is C14H28O6. The van der Waals surface area contributed by atoms with Crippen LogP contribution in [0.5, 0.6) is 0 Å². The largest absolute Gasteiger partial charge is 0.394 e. The van der Waals surface area contributed by atoms with Gasteiger partial charge in [0.1, 0.15) is 24.4 Å². The number of unbranched alkanes of at least 4 members (excludes halogenated alkanes) is 5. The van der Waals surface area contributed by atoms with E-state index in [0.29, 0.717) is 6.61 Å². The Labute approximate surface area is 120 Å². The minimum atomic E-state index is -1.24. The third-order valence-corrected chi connectivity index (χ3v) is 3.60. The molecule has 1 aliphatic rings. The summed E-state index contributed by atoms with van der Waals surface area (Å²) in [5, 5.41) is 37.7. The van der Waals surface area contributed by atoms with E-state index in [9.17, 15) is 15.3 Å². The average molecular weight is 292 g/mol. The fourth-order valence-electron chi connectivity index (χ4n) is 2.31. The fraction of sp³-hybridized carbons (Fsp3) is 1.00. The van der Waals surface area contributed by atoms with Gasteiger partial charge in [-0.05, 0) is 6.42 Å². The molecule has 0 radical (unpaired) electrons. The van der Waals surface area contributed by atoms with Gasteiger partial charge in [-0.3, -0.25) is 0 Å². The van der Waals surface area contributed by atoms with Gasteiger partial charge in [0.25, 0.3) is 0 Å². The lowest BCUT2D eigenvalue weighted by Crippen LogP contribution is -2.40. The Balaban J connectivity index is 2.17. The highest BCUT2D eigenvalue weighted by molar-refractivity contribution is 4.90. The lowest BCUT2D eigenvalue weighted by molar-refractivity contribution is -0.181. The highest BCUT2D eigenvalue weighted by atomic mass is 16.7. The summed E-state index contributed by atoms with van der Waals surface area (Å²) in [5.41, 5.74) is 0. The fourth-order valence-corrected chi connectivity index (χ4v) is 2.31. The van der Waals surface area contributed by atoms with E-state index in [1.807, 2.05) is 0 Å². The van der Waals surface area contributed by atoms with Crippen molar-refractivity contribution in [2.45, 2.75) is 76.2 Å². The van der Waals surface area contributed by atoms with E-state index in [4.69, 9.17) is 14.6 Å². The maximum atomic E-state index is 9.75. The Morgan fingerprint density at radius 3 is 2.35 bits per heavy atom. The van der Waals surface area contributed by atoms with Gasteiger partial charge in [-0.15, -0.1) is 0 Å². The van der Waals surface area contributed by atoms with Crippen molar-refractivity contribution in [3.8, 4) is 0 Å². The monoisotopic (exact) mass is 292 g/mol. The Morgan fingerprint density at radius 1 is 1.05 bits per heavy atom. The zero-order valence-corrected chi connectivity index (χ0v) is 12.1. The SMILES string of the molecule is CCCCCCCCOC1O[C@@H](C(O)CO)[C@@H](O)C1O. The van der Waals surface area contributed by atoms with Gasteiger partial charge < -0.3 is 29.9 Å². The molecule has 1 saturated heterocycles. The van der Waals surface area contributed by atoms with Crippen LogP contribution in [0.1, 0.15) is 45.4 Å². The van der Waals surface area contributed by atoms with Gasteiger partial charge in [-0.25, -0.2) is 0 Å². The van der Waals surface area contributed by atoms with E-state index in [1.54, 1.807) is 0 Å². The summed E-state index contributed by atoms with van der Waals surface area (Å²) >= 11 is 0. The van der Waals surface area contributed by atoms with Crippen LogP contribution in [0.4, 0.5) is 0 Å². The highest BCUT2D eigenvalue weighted by Gasteiger charge is 2.46. The van der Waals surface area contributed by atoms with Crippen LogP contribution in [0.15, 0.2) is 0 Å². The summed E-state index contributed by atoms with van der Waals surface area (Å²) in [5.74, 6) is 0. The summed E-state index contributed by atoms with van der Waals surface area (Å²) in [4.78, 5) is 0. The third kappa shape index (κ3) is 5.27. The van der Waals surface area contributed by atoms with Crippen LogP contribution in [0.25, 0.3) is 0 Å². The zero-order valence-electron chi connectivity index (χ0n) is 12.1. The number of aliphatic hydroxyl groups excluding tert-OH is 4. The van der Waals surface area contributed by atoms with Crippen LogP contribution in [0.3, 0.4) is 0 Å². The Morgan fingerprint density at radius 2 is 1.70 bits per heavy atom. The summed E-state index contributed by atoms with van der Waals surface area (Å²) in [7, 11) is 0. The molecule has 0 aromatic heterocycles. The van der Waals surface area contributed by atoms with E-state index < -0.39 is 37.3 Å². The average Bonchev–Trinajstić information content (AvgIpc) is 2.74. The van der Waals surface area contributed by atoms with Crippen LogP contribution >= 0.6 is 0 Å². The molecule has 1 fully saturated rings. The predicted octanol–water partition coefficient (Wildman–Crippen LogP) is 0.163. The molecule has 0 aromatic carbocycles. The van der Waals surface area contributed by atoms with Crippen LogP contribution in [-0.2, 0) is 9.47 Å². The van der Waals surface area contributed by atoms with E-state index >= 15 is 0 Å². The van der Waals surface area contributed by atoms with Crippen LogP contribution in [0, 0.1) is 0 Å². The molecule has 0 amide bonds. The van der Waals surface area contributed by atoms with Crippen LogP contribution in [0.2, 0.25) is 0 Å². The van der Waals surface area contributed by atoms with Crippen molar-refractivity contribution in [3.63, 3.8) is 0 Å². The van der Waals surface area contributed by atoms with Gasteiger partial charge in [0.2, 0.25) is 0 Å². The molecule has 0 spiro atoms. The van der Waals surface area contributed by atoms with E-state index in [1.165, 1.54) is 25.7 Å². The quantitative estimate of drug-likeness (QED) is 0.428. The first-order chi connectivity index (χ1) is 9.61. The third-order valence-electron chi connectivity index (χ3n) is 3.60. The van der Waals surface area contributed by atoms with E-state index in [-0.39, 0.29) is 0 Å². The molecule has 0 saturated carbocycles. The number of hydrogen-bond acceptors (Lipinski definition) is 6. The molecule has 1 aliphatic heterocycles. The number of hydrogen-bond donors (Lipinski definition) is 4. The van der Waals surface area contributed by atoms with Gasteiger partial charge in [-0.1, -0.05) is 39.0 Å². The van der Waals surface area contributed by atoms with Crippen molar-refractivity contribution >= 4 is 0 Å². The van der Waals surface area contributed by atoms with Crippen molar-refractivity contribution in [3.05, 3.63) is 0 Å². The smallest absolute Gasteiger partial charge is 0.186 e. The molecule has 120 valence electrons. The summed E-state index contributed by atoms with van der Waals surface area (Å²) in [6.07, 6.45) is 1.19. The molecule has 0 aromatic rings. The summed E-state index contributed by atoms with van der Waals surface area (Å²) < 4.78 is 10.6. The molecule has 6 heteroatoms. The van der Waals surface area contributed by atoms with Crippen molar-refractivity contribution in [1.82, 2.24) is 0 Å². The van der Waals surface area contributed by atoms with Gasteiger partial charge in [-0.2, -0.15) is 0 Å². The molecule has 6 nitrogen and oxygen atoms in total. The minimum Gasteiger partial charge on any atom is -0.394 e. The van der Waals surface area contributed by atoms with Crippen molar-refractivity contribution in [1.29, 1.82) is 0 Å². The predicted molar refractivity (Wildman–Crippen MR) is 73.1 cm³/mol. The van der Waals surface area contributed by atoms with E-state index in [2.05, 4.69) is 6.92 Å². The lowest BCUT2D eigenvalue weighted by Gasteiger charge is -2.18. The molecule has 3 unspecified atom stereocenters. The Bertz CT molecular complexity index is 250. The van der Waals surface area contributed by atoms with Crippen LogP contribution < -0.4 is 0 Å². The topological polar surface area (TPSA) is 99.4 Å². The van der Waals surface area contributed by atoms with Crippen molar-refractivity contribution in [2.24, 2.45) is 0 Å². The van der Waals surface area contributed by atoms with Gasteiger partial charge in [0.05, 0.1) is 6.61 Å². The lowest BCUT2D eigenvalue weighted by atomic mass is 10.1. The standard InChI is InChI=1S/C14H28O6/c1-2-3-4-5-6-7-8-19-14-12(18)11(17)13(20-14)10(16)9-15/h10-18H,2-9H2,1H3/t10?,11-,12?,13-,14?/m0/s1.